The molecule has 1 aliphatic rings. The van der Waals surface area contributed by atoms with E-state index >= 15 is 0 Å². The second kappa shape index (κ2) is 8.96. The molecule has 0 fully saturated rings. The van der Waals surface area contributed by atoms with Crippen molar-refractivity contribution in [1.29, 1.82) is 0 Å². The third-order valence-electron chi connectivity index (χ3n) is 2.05. The third kappa shape index (κ3) is 7.04. The Morgan fingerprint density at radius 3 is 2.75 bits per heavy atom. The molecule has 1 rings (SSSR count). The largest absolute Gasteiger partial charge is 0.385 e. The van der Waals surface area contributed by atoms with Gasteiger partial charge in [-0.1, -0.05) is 38.2 Å². The van der Waals surface area contributed by atoms with E-state index in [4.69, 9.17) is 0 Å². The second-order valence-corrected chi connectivity index (χ2v) is 3.65. The SMILES string of the molecule is CC.CC(=O)C/C1=C/NC(C)/C=C\C=C/C1. The zero-order valence-corrected chi connectivity index (χ0v) is 10.8. The molecule has 2 nitrogen and oxygen atoms in total. The molecule has 1 atom stereocenters. The smallest absolute Gasteiger partial charge is 0.133 e. The molecule has 16 heavy (non-hydrogen) atoms. The van der Waals surface area contributed by atoms with Crippen LogP contribution in [0.15, 0.2) is 36.1 Å². The zero-order valence-electron chi connectivity index (χ0n) is 10.8. The summed E-state index contributed by atoms with van der Waals surface area (Å²) in [6, 6.07) is 0.319. The van der Waals surface area contributed by atoms with E-state index in [0.29, 0.717) is 12.5 Å². The van der Waals surface area contributed by atoms with Crippen LogP contribution < -0.4 is 5.32 Å². The summed E-state index contributed by atoms with van der Waals surface area (Å²) in [7, 11) is 0. The highest BCUT2D eigenvalue weighted by atomic mass is 16.1. The summed E-state index contributed by atoms with van der Waals surface area (Å²) >= 11 is 0. The Bertz CT molecular complexity index is 287. The molecule has 1 unspecified atom stereocenters. The summed E-state index contributed by atoms with van der Waals surface area (Å²) in [6.45, 7) is 7.70. The van der Waals surface area contributed by atoms with Gasteiger partial charge >= 0.3 is 0 Å². The van der Waals surface area contributed by atoms with E-state index in [-0.39, 0.29) is 5.78 Å². The van der Waals surface area contributed by atoms with Gasteiger partial charge in [0.25, 0.3) is 0 Å². The van der Waals surface area contributed by atoms with E-state index in [1.807, 2.05) is 32.2 Å². The molecule has 2 heteroatoms. The molecule has 0 saturated carbocycles. The minimum Gasteiger partial charge on any atom is -0.385 e. The normalized spacial score (nSPS) is 26.5. The fourth-order valence-electron chi connectivity index (χ4n) is 1.34. The predicted molar refractivity (Wildman–Crippen MR) is 70.2 cm³/mol. The van der Waals surface area contributed by atoms with Gasteiger partial charge in [-0.2, -0.15) is 0 Å². The van der Waals surface area contributed by atoms with Crippen molar-refractivity contribution >= 4 is 5.78 Å². The maximum Gasteiger partial charge on any atom is 0.133 e. The minimum atomic E-state index is 0.214. The Labute approximate surface area is 99.1 Å². The standard InChI is InChI=1S/C12H17NO.C2H6/c1-10-6-4-3-5-7-12(9-13-10)8-11(2)14;1-2/h3-6,9-10,13H,7-8H2,1-2H3;1-2H3/b5-3-,6-4-,12-9+;. The zero-order chi connectivity index (χ0) is 12.4. The van der Waals surface area contributed by atoms with Crippen molar-refractivity contribution < 1.29 is 4.79 Å². The van der Waals surface area contributed by atoms with Gasteiger partial charge in [0.1, 0.15) is 5.78 Å². The van der Waals surface area contributed by atoms with Gasteiger partial charge in [0, 0.05) is 12.5 Å². The van der Waals surface area contributed by atoms with Crippen LogP contribution in [0.2, 0.25) is 0 Å². The highest BCUT2D eigenvalue weighted by Gasteiger charge is 2.01. The molecule has 1 aliphatic heterocycles. The van der Waals surface area contributed by atoms with Crippen molar-refractivity contribution in [2.45, 2.75) is 46.6 Å². The summed E-state index contributed by atoms with van der Waals surface area (Å²) in [5, 5.41) is 3.24. The van der Waals surface area contributed by atoms with E-state index in [2.05, 4.69) is 24.4 Å². The summed E-state index contributed by atoms with van der Waals surface area (Å²) < 4.78 is 0. The van der Waals surface area contributed by atoms with E-state index in [0.717, 1.165) is 12.0 Å². The van der Waals surface area contributed by atoms with Gasteiger partial charge in [0.05, 0.1) is 0 Å². The predicted octanol–water partition coefficient (Wildman–Crippen LogP) is 3.37. The van der Waals surface area contributed by atoms with Gasteiger partial charge in [-0.15, -0.1) is 0 Å². The highest BCUT2D eigenvalue weighted by molar-refractivity contribution is 5.78. The molecule has 1 heterocycles. The average Bonchev–Trinajstić information content (AvgIpc) is 2.35. The van der Waals surface area contributed by atoms with Gasteiger partial charge in [-0.05, 0) is 32.0 Å². The number of hydrogen-bond acceptors (Lipinski definition) is 2. The Morgan fingerprint density at radius 1 is 1.44 bits per heavy atom. The number of allylic oxidation sites excluding steroid dienone is 4. The molecule has 90 valence electrons. The number of rotatable bonds is 2. The van der Waals surface area contributed by atoms with E-state index in [9.17, 15) is 4.79 Å². The Morgan fingerprint density at radius 2 is 2.12 bits per heavy atom. The lowest BCUT2D eigenvalue weighted by Gasteiger charge is -2.07. The highest BCUT2D eigenvalue weighted by Crippen LogP contribution is 2.09. The summed E-state index contributed by atoms with van der Waals surface area (Å²) in [4.78, 5) is 11.0. The topological polar surface area (TPSA) is 29.1 Å². The van der Waals surface area contributed by atoms with Crippen molar-refractivity contribution in [2.24, 2.45) is 0 Å². The molecular formula is C14H23NO. The molecular weight excluding hydrogens is 198 g/mol. The Hall–Kier alpha value is -1.31. The van der Waals surface area contributed by atoms with Crippen molar-refractivity contribution in [1.82, 2.24) is 5.32 Å². The number of ketones is 1. The number of carbonyl (C=O) groups excluding carboxylic acids is 1. The Kier molecular flexibility index (Phi) is 8.22. The summed E-state index contributed by atoms with van der Waals surface area (Å²) in [5.74, 6) is 0.214. The molecule has 0 aromatic carbocycles. The lowest BCUT2D eigenvalue weighted by atomic mass is 10.1. The van der Waals surface area contributed by atoms with Crippen molar-refractivity contribution in [2.75, 3.05) is 0 Å². The fraction of sp³-hybridized carbons (Fsp3) is 0.500. The fourth-order valence-corrected chi connectivity index (χ4v) is 1.34. The molecule has 0 bridgehead atoms. The lowest BCUT2D eigenvalue weighted by Crippen LogP contribution is -2.18. The molecule has 1 N–H and O–H groups in total. The third-order valence-corrected chi connectivity index (χ3v) is 2.05. The first-order chi connectivity index (χ1) is 7.68. The quantitative estimate of drug-likeness (QED) is 0.774. The van der Waals surface area contributed by atoms with Crippen LogP contribution >= 0.6 is 0 Å². The molecule has 0 aromatic rings. The molecule has 0 saturated heterocycles. The average molecular weight is 221 g/mol. The minimum absolute atomic E-state index is 0.214. The van der Waals surface area contributed by atoms with E-state index in [1.54, 1.807) is 6.92 Å². The van der Waals surface area contributed by atoms with Gasteiger partial charge in [0.2, 0.25) is 0 Å². The van der Waals surface area contributed by atoms with Gasteiger partial charge in [-0.3, -0.25) is 4.79 Å². The van der Waals surface area contributed by atoms with Crippen LogP contribution in [-0.4, -0.2) is 11.8 Å². The molecule has 0 amide bonds. The molecule has 0 aromatic heterocycles. The number of hydrogen-bond donors (Lipinski definition) is 1. The van der Waals surface area contributed by atoms with Crippen LogP contribution in [0.1, 0.15) is 40.5 Å². The number of nitrogens with one attached hydrogen (secondary N) is 1. The van der Waals surface area contributed by atoms with Gasteiger partial charge < -0.3 is 5.32 Å². The van der Waals surface area contributed by atoms with Crippen LogP contribution in [0.3, 0.4) is 0 Å². The van der Waals surface area contributed by atoms with Crippen LogP contribution in [0.25, 0.3) is 0 Å². The Balaban J connectivity index is 0.00000106. The van der Waals surface area contributed by atoms with Crippen molar-refractivity contribution in [3.63, 3.8) is 0 Å². The molecule has 0 aliphatic carbocycles. The first-order valence-corrected chi connectivity index (χ1v) is 5.95. The number of Topliss-reactive ketones (excluding diaryl/α,β-unsaturated/α-hetero) is 1. The maximum absolute atomic E-state index is 11.0. The van der Waals surface area contributed by atoms with Crippen LogP contribution in [0, 0.1) is 0 Å². The second-order valence-electron chi connectivity index (χ2n) is 3.65. The monoisotopic (exact) mass is 221 g/mol. The van der Waals surface area contributed by atoms with Crippen molar-refractivity contribution in [3.05, 3.63) is 36.1 Å². The van der Waals surface area contributed by atoms with E-state index in [1.165, 1.54) is 0 Å². The first-order valence-electron chi connectivity index (χ1n) is 5.95. The molecule has 0 spiro atoms. The van der Waals surface area contributed by atoms with Crippen molar-refractivity contribution in [3.8, 4) is 0 Å². The maximum atomic E-state index is 11.0. The van der Waals surface area contributed by atoms with Gasteiger partial charge in [0.15, 0.2) is 0 Å². The summed E-state index contributed by atoms with van der Waals surface area (Å²) in [5.41, 5.74) is 1.14. The lowest BCUT2D eigenvalue weighted by molar-refractivity contribution is -0.116. The molecule has 0 radical (unpaired) electrons. The van der Waals surface area contributed by atoms with E-state index < -0.39 is 0 Å². The van der Waals surface area contributed by atoms with Crippen LogP contribution in [0.4, 0.5) is 0 Å². The summed E-state index contributed by atoms with van der Waals surface area (Å²) in [6.07, 6.45) is 11.6. The first kappa shape index (κ1) is 14.7. The van der Waals surface area contributed by atoms with Gasteiger partial charge in [-0.25, -0.2) is 0 Å². The number of carbonyl (C=O) groups is 1. The van der Waals surface area contributed by atoms with Crippen LogP contribution in [0.5, 0.6) is 0 Å². The van der Waals surface area contributed by atoms with Crippen LogP contribution in [-0.2, 0) is 4.79 Å².